The lowest BCUT2D eigenvalue weighted by molar-refractivity contribution is -0.132. The first-order valence-electron chi connectivity index (χ1n) is 4.98. The largest absolute Gasteiger partial charge is 0.340 e. The molecule has 1 heterocycles. The maximum absolute atomic E-state index is 11.4. The van der Waals surface area contributed by atoms with Gasteiger partial charge < -0.3 is 15.5 Å². The first-order chi connectivity index (χ1) is 6.27. The number of hydrogen-bond donors (Lipinski definition) is 1. The summed E-state index contributed by atoms with van der Waals surface area (Å²) >= 11 is 0. The molecule has 1 rings (SSSR count). The molecule has 1 amide bonds. The number of rotatable bonds is 3. The lowest BCUT2D eigenvalue weighted by atomic mass is 10.3. The predicted octanol–water partition coefficient (Wildman–Crippen LogP) is -0.501. The molecule has 13 heavy (non-hydrogen) atoms. The molecular weight excluding hydrogens is 166 g/mol. The van der Waals surface area contributed by atoms with Crippen molar-refractivity contribution in [2.24, 2.45) is 5.73 Å². The van der Waals surface area contributed by atoms with Crippen molar-refractivity contribution in [1.29, 1.82) is 0 Å². The number of hydrogen-bond acceptors (Lipinski definition) is 3. The van der Waals surface area contributed by atoms with Crippen LogP contribution in [0.2, 0.25) is 0 Å². The van der Waals surface area contributed by atoms with Gasteiger partial charge in [-0.05, 0) is 6.54 Å². The maximum Gasteiger partial charge on any atom is 0.223 e. The van der Waals surface area contributed by atoms with E-state index in [-0.39, 0.29) is 5.91 Å². The van der Waals surface area contributed by atoms with Crippen molar-refractivity contribution in [2.75, 3.05) is 39.3 Å². The van der Waals surface area contributed by atoms with Gasteiger partial charge in [-0.25, -0.2) is 0 Å². The van der Waals surface area contributed by atoms with Gasteiger partial charge in [0.05, 0.1) is 0 Å². The molecule has 0 aliphatic carbocycles. The third-order valence-electron chi connectivity index (χ3n) is 2.53. The highest BCUT2D eigenvalue weighted by atomic mass is 16.2. The number of nitrogens with two attached hydrogens (primary N) is 1. The molecule has 1 fully saturated rings. The third-order valence-corrected chi connectivity index (χ3v) is 2.53. The summed E-state index contributed by atoms with van der Waals surface area (Å²) in [4.78, 5) is 15.7. The Morgan fingerprint density at radius 3 is 2.38 bits per heavy atom. The molecule has 1 aliphatic rings. The van der Waals surface area contributed by atoms with Crippen LogP contribution >= 0.6 is 0 Å². The van der Waals surface area contributed by atoms with E-state index in [0.717, 1.165) is 32.7 Å². The molecule has 0 bridgehead atoms. The summed E-state index contributed by atoms with van der Waals surface area (Å²) in [6.07, 6.45) is 0.492. The van der Waals surface area contributed by atoms with Crippen LogP contribution in [0.1, 0.15) is 13.3 Å². The van der Waals surface area contributed by atoms with Gasteiger partial charge in [0.15, 0.2) is 0 Å². The maximum atomic E-state index is 11.4. The minimum absolute atomic E-state index is 0.207. The fraction of sp³-hybridized carbons (Fsp3) is 0.889. The molecule has 0 aromatic rings. The van der Waals surface area contributed by atoms with Crippen molar-refractivity contribution in [3.63, 3.8) is 0 Å². The molecular formula is C9H19N3O. The highest BCUT2D eigenvalue weighted by molar-refractivity contribution is 5.76. The third kappa shape index (κ3) is 2.97. The Labute approximate surface area is 79.7 Å². The van der Waals surface area contributed by atoms with E-state index in [2.05, 4.69) is 11.8 Å². The van der Waals surface area contributed by atoms with Crippen molar-refractivity contribution in [3.05, 3.63) is 0 Å². The van der Waals surface area contributed by atoms with Gasteiger partial charge >= 0.3 is 0 Å². The number of piperazine rings is 1. The Morgan fingerprint density at radius 1 is 1.31 bits per heavy atom. The highest BCUT2D eigenvalue weighted by Crippen LogP contribution is 2.02. The minimum Gasteiger partial charge on any atom is -0.340 e. The summed E-state index contributed by atoms with van der Waals surface area (Å²) in [5.41, 5.74) is 5.33. The summed E-state index contributed by atoms with van der Waals surface area (Å²) in [6.45, 7) is 7.45. The first-order valence-corrected chi connectivity index (χ1v) is 4.98. The average Bonchev–Trinajstić information content (AvgIpc) is 2.18. The molecule has 0 spiro atoms. The standard InChI is InChI=1S/C9H19N3O/c1-2-11-5-7-12(8-6-11)9(13)3-4-10/h2-8,10H2,1H3. The summed E-state index contributed by atoms with van der Waals surface area (Å²) < 4.78 is 0. The van der Waals surface area contributed by atoms with Gasteiger partial charge in [-0.2, -0.15) is 0 Å². The van der Waals surface area contributed by atoms with Gasteiger partial charge in [0.1, 0.15) is 0 Å². The molecule has 4 heteroatoms. The number of carbonyl (C=O) groups excluding carboxylic acids is 1. The normalized spacial score (nSPS) is 19.1. The van der Waals surface area contributed by atoms with Gasteiger partial charge in [0.2, 0.25) is 5.91 Å². The van der Waals surface area contributed by atoms with Crippen LogP contribution in [0.3, 0.4) is 0 Å². The van der Waals surface area contributed by atoms with Gasteiger partial charge in [-0.1, -0.05) is 6.92 Å². The van der Waals surface area contributed by atoms with Crippen molar-refractivity contribution in [2.45, 2.75) is 13.3 Å². The van der Waals surface area contributed by atoms with Gasteiger partial charge in [-0.15, -0.1) is 0 Å². The number of carbonyl (C=O) groups is 1. The molecule has 1 aliphatic heterocycles. The zero-order chi connectivity index (χ0) is 9.68. The predicted molar refractivity (Wildman–Crippen MR) is 52.4 cm³/mol. The Bertz CT molecular complexity index is 164. The van der Waals surface area contributed by atoms with Crippen molar-refractivity contribution >= 4 is 5.91 Å². The Kier molecular flexibility index (Phi) is 4.18. The van der Waals surface area contributed by atoms with E-state index in [9.17, 15) is 4.79 Å². The summed E-state index contributed by atoms with van der Waals surface area (Å²) in [6, 6.07) is 0. The van der Waals surface area contributed by atoms with E-state index in [0.29, 0.717) is 13.0 Å². The summed E-state index contributed by atoms with van der Waals surface area (Å²) in [5, 5.41) is 0. The second-order valence-electron chi connectivity index (χ2n) is 3.35. The van der Waals surface area contributed by atoms with Crippen molar-refractivity contribution in [3.8, 4) is 0 Å². The topological polar surface area (TPSA) is 49.6 Å². The van der Waals surface area contributed by atoms with Gasteiger partial charge in [0, 0.05) is 39.1 Å². The van der Waals surface area contributed by atoms with Crippen molar-refractivity contribution < 1.29 is 4.79 Å². The summed E-state index contributed by atoms with van der Waals surface area (Å²) in [5.74, 6) is 0.207. The SMILES string of the molecule is CCN1CCN(C(=O)CCN)CC1. The van der Waals surface area contributed by atoms with Crippen LogP contribution in [0.15, 0.2) is 0 Å². The van der Waals surface area contributed by atoms with E-state index in [1.807, 2.05) is 4.90 Å². The fourth-order valence-electron chi connectivity index (χ4n) is 1.60. The molecule has 0 atom stereocenters. The Hall–Kier alpha value is -0.610. The lowest BCUT2D eigenvalue weighted by Crippen LogP contribution is -2.48. The molecule has 0 aromatic carbocycles. The molecule has 76 valence electrons. The summed E-state index contributed by atoms with van der Waals surface area (Å²) in [7, 11) is 0. The average molecular weight is 185 g/mol. The van der Waals surface area contributed by atoms with E-state index in [1.165, 1.54) is 0 Å². The van der Waals surface area contributed by atoms with E-state index in [1.54, 1.807) is 0 Å². The van der Waals surface area contributed by atoms with Crippen LogP contribution in [-0.2, 0) is 4.79 Å². The molecule has 0 aromatic heterocycles. The number of nitrogens with zero attached hydrogens (tertiary/aromatic N) is 2. The lowest BCUT2D eigenvalue weighted by Gasteiger charge is -2.34. The quantitative estimate of drug-likeness (QED) is 0.645. The highest BCUT2D eigenvalue weighted by Gasteiger charge is 2.18. The molecule has 0 saturated carbocycles. The molecule has 1 saturated heterocycles. The van der Waals surface area contributed by atoms with Crippen LogP contribution in [0.25, 0.3) is 0 Å². The zero-order valence-corrected chi connectivity index (χ0v) is 8.33. The van der Waals surface area contributed by atoms with Gasteiger partial charge in [0.25, 0.3) is 0 Å². The second kappa shape index (κ2) is 5.19. The second-order valence-corrected chi connectivity index (χ2v) is 3.35. The fourth-order valence-corrected chi connectivity index (χ4v) is 1.60. The molecule has 0 unspecified atom stereocenters. The van der Waals surface area contributed by atoms with Crippen LogP contribution in [0.4, 0.5) is 0 Å². The van der Waals surface area contributed by atoms with Crippen molar-refractivity contribution in [1.82, 2.24) is 9.80 Å². The van der Waals surface area contributed by atoms with E-state index in [4.69, 9.17) is 5.73 Å². The number of amides is 1. The van der Waals surface area contributed by atoms with Crippen LogP contribution in [0, 0.1) is 0 Å². The molecule has 0 radical (unpaired) electrons. The van der Waals surface area contributed by atoms with Crippen LogP contribution in [0.5, 0.6) is 0 Å². The van der Waals surface area contributed by atoms with Crippen LogP contribution < -0.4 is 5.73 Å². The monoisotopic (exact) mass is 185 g/mol. The Balaban J connectivity index is 2.28. The molecule has 4 nitrogen and oxygen atoms in total. The first kappa shape index (κ1) is 10.5. The zero-order valence-electron chi connectivity index (χ0n) is 8.33. The van der Waals surface area contributed by atoms with Gasteiger partial charge in [-0.3, -0.25) is 4.79 Å². The van der Waals surface area contributed by atoms with Crippen LogP contribution in [-0.4, -0.2) is 55.0 Å². The molecule has 2 N–H and O–H groups in total. The van der Waals surface area contributed by atoms with E-state index >= 15 is 0 Å². The minimum atomic E-state index is 0.207. The Morgan fingerprint density at radius 2 is 1.92 bits per heavy atom. The number of likely N-dealkylation sites (N-methyl/N-ethyl adjacent to an activating group) is 1. The smallest absolute Gasteiger partial charge is 0.223 e. The van der Waals surface area contributed by atoms with E-state index < -0.39 is 0 Å².